The van der Waals surface area contributed by atoms with E-state index in [-0.39, 0.29) is 11.8 Å². The number of hydrogen-bond donors (Lipinski definition) is 1. The van der Waals surface area contributed by atoms with Crippen molar-refractivity contribution in [3.63, 3.8) is 0 Å². The maximum Gasteiger partial charge on any atom is 0.320 e. The molecule has 0 aliphatic carbocycles. The van der Waals surface area contributed by atoms with E-state index in [0.29, 0.717) is 12.5 Å². The van der Waals surface area contributed by atoms with Crippen molar-refractivity contribution < 1.29 is 9.90 Å². The minimum atomic E-state index is 0.158. The van der Waals surface area contributed by atoms with Gasteiger partial charge < -0.3 is 14.9 Å². The largest absolute Gasteiger partial charge is 0.508 e. The fraction of sp³-hybridized carbons (Fsp3) is 0.562. The molecule has 1 aromatic carbocycles. The van der Waals surface area contributed by atoms with Crippen LogP contribution in [0.15, 0.2) is 18.2 Å². The fourth-order valence-corrected chi connectivity index (χ4v) is 3.27. The van der Waals surface area contributed by atoms with Crippen LogP contribution >= 0.6 is 0 Å². The van der Waals surface area contributed by atoms with Crippen LogP contribution in [-0.4, -0.2) is 40.6 Å². The van der Waals surface area contributed by atoms with Crippen molar-refractivity contribution in [2.45, 2.75) is 32.7 Å². The highest BCUT2D eigenvalue weighted by atomic mass is 16.3. The molecule has 0 radical (unpaired) electrons. The van der Waals surface area contributed by atoms with E-state index in [1.165, 1.54) is 12.0 Å². The summed E-state index contributed by atoms with van der Waals surface area (Å²) < 4.78 is 0. The molecule has 1 saturated heterocycles. The molecule has 3 rings (SSSR count). The average molecular weight is 274 g/mol. The Balaban J connectivity index is 1.71. The highest BCUT2D eigenvalue weighted by Gasteiger charge is 2.27. The zero-order chi connectivity index (χ0) is 14.1. The number of rotatable bonds is 0. The molecule has 1 N–H and O–H groups in total. The van der Waals surface area contributed by atoms with Crippen LogP contribution in [-0.2, 0) is 13.0 Å². The number of hydrogen-bond acceptors (Lipinski definition) is 2. The number of urea groups is 1. The van der Waals surface area contributed by atoms with Gasteiger partial charge in [0.2, 0.25) is 0 Å². The van der Waals surface area contributed by atoms with E-state index in [0.717, 1.165) is 38.0 Å². The van der Waals surface area contributed by atoms with Gasteiger partial charge in [-0.15, -0.1) is 0 Å². The van der Waals surface area contributed by atoms with Crippen LogP contribution in [0.4, 0.5) is 4.79 Å². The van der Waals surface area contributed by atoms with Crippen LogP contribution in [0.2, 0.25) is 0 Å². The molecule has 2 amide bonds. The number of phenols is 1. The molecule has 1 fully saturated rings. The van der Waals surface area contributed by atoms with Gasteiger partial charge in [-0.2, -0.15) is 0 Å². The minimum Gasteiger partial charge on any atom is -0.508 e. The molecule has 1 unspecified atom stereocenters. The fourth-order valence-electron chi connectivity index (χ4n) is 3.27. The van der Waals surface area contributed by atoms with Crippen LogP contribution < -0.4 is 0 Å². The molecular weight excluding hydrogens is 252 g/mol. The van der Waals surface area contributed by atoms with Gasteiger partial charge >= 0.3 is 6.03 Å². The molecule has 0 aromatic heterocycles. The van der Waals surface area contributed by atoms with Crippen LogP contribution in [0, 0.1) is 5.92 Å². The van der Waals surface area contributed by atoms with Crippen molar-refractivity contribution in [1.82, 2.24) is 9.80 Å². The van der Waals surface area contributed by atoms with E-state index >= 15 is 0 Å². The zero-order valence-electron chi connectivity index (χ0n) is 12.0. The van der Waals surface area contributed by atoms with Crippen molar-refractivity contribution in [3.8, 4) is 5.75 Å². The Morgan fingerprint density at radius 1 is 1.25 bits per heavy atom. The summed E-state index contributed by atoms with van der Waals surface area (Å²) in [5.74, 6) is 0.887. The van der Waals surface area contributed by atoms with E-state index in [9.17, 15) is 9.90 Å². The Kier molecular flexibility index (Phi) is 3.55. The van der Waals surface area contributed by atoms with Gasteiger partial charge in [0.25, 0.3) is 0 Å². The normalized spacial score (nSPS) is 22.6. The SMILES string of the molecule is CC1CCCN(C(=O)N2CCc3ccc(O)cc3C2)C1. The van der Waals surface area contributed by atoms with Crippen molar-refractivity contribution in [1.29, 1.82) is 0 Å². The lowest BCUT2D eigenvalue weighted by Crippen LogP contribution is -2.48. The Morgan fingerprint density at radius 3 is 2.90 bits per heavy atom. The lowest BCUT2D eigenvalue weighted by atomic mass is 9.99. The van der Waals surface area contributed by atoms with Gasteiger partial charge in [-0.05, 0) is 48.4 Å². The first-order valence-corrected chi connectivity index (χ1v) is 7.48. The summed E-state index contributed by atoms with van der Waals surface area (Å²) in [4.78, 5) is 16.5. The topological polar surface area (TPSA) is 43.8 Å². The summed E-state index contributed by atoms with van der Waals surface area (Å²) in [6.07, 6.45) is 3.21. The predicted octanol–water partition coefficient (Wildman–Crippen LogP) is 2.60. The first kappa shape index (κ1) is 13.3. The van der Waals surface area contributed by atoms with Gasteiger partial charge in [0.05, 0.1) is 0 Å². The Hall–Kier alpha value is -1.71. The lowest BCUT2D eigenvalue weighted by Gasteiger charge is -2.37. The van der Waals surface area contributed by atoms with Crippen molar-refractivity contribution >= 4 is 6.03 Å². The summed E-state index contributed by atoms with van der Waals surface area (Å²) in [7, 11) is 0. The monoisotopic (exact) mass is 274 g/mol. The molecule has 0 saturated carbocycles. The van der Waals surface area contributed by atoms with Crippen LogP contribution in [0.5, 0.6) is 5.75 Å². The van der Waals surface area contributed by atoms with Crippen molar-refractivity contribution in [2.75, 3.05) is 19.6 Å². The number of benzene rings is 1. The van der Waals surface area contributed by atoms with Gasteiger partial charge in [-0.25, -0.2) is 4.79 Å². The summed E-state index contributed by atoms with van der Waals surface area (Å²) in [6, 6.07) is 5.64. The summed E-state index contributed by atoms with van der Waals surface area (Å²) >= 11 is 0. The van der Waals surface area contributed by atoms with Gasteiger partial charge in [0, 0.05) is 26.2 Å². The zero-order valence-corrected chi connectivity index (χ0v) is 12.0. The van der Waals surface area contributed by atoms with Crippen LogP contribution in [0.1, 0.15) is 30.9 Å². The molecule has 0 bridgehead atoms. The predicted molar refractivity (Wildman–Crippen MR) is 77.6 cm³/mol. The molecule has 1 atom stereocenters. The second-order valence-corrected chi connectivity index (χ2v) is 6.10. The third kappa shape index (κ3) is 2.60. The molecule has 4 nitrogen and oxygen atoms in total. The van der Waals surface area contributed by atoms with E-state index in [1.807, 2.05) is 15.9 Å². The molecule has 1 aromatic rings. The van der Waals surface area contributed by atoms with Gasteiger partial charge in [-0.3, -0.25) is 0 Å². The second kappa shape index (κ2) is 5.35. The molecule has 2 heterocycles. The Labute approximate surface area is 120 Å². The molecule has 108 valence electrons. The second-order valence-electron chi connectivity index (χ2n) is 6.10. The Morgan fingerprint density at radius 2 is 2.10 bits per heavy atom. The maximum absolute atomic E-state index is 12.6. The van der Waals surface area contributed by atoms with Gasteiger partial charge in [-0.1, -0.05) is 13.0 Å². The number of fused-ring (bicyclic) bond motifs is 1. The van der Waals surface area contributed by atoms with E-state index in [2.05, 4.69) is 6.92 Å². The summed E-state index contributed by atoms with van der Waals surface area (Å²) in [6.45, 7) is 5.37. The van der Waals surface area contributed by atoms with Crippen LogP contribution in [0.3, 0.4) is 0 Å². The number of piperidine rings is 1. The average Bonchev–Trinajstić information content (AvgIpc) is 2.45. The standard InChI is InChI=1S/C16H22N2O2/c1-12-3-2-7-17(10-12)16(20)18-8-6-13-4-5-15(19)9-14(13)11-18/h4-5,9,12,19H,2-3,6-8,10-11H2,1H3. The summed E-state index contributed by atoms with van der Waals surface area (Å²) in [5.41, 5.74) is 2.33. The third-order valence-electron chi connectivity index (χ3n) is 4.40. The lowest BCUT2D eigenvalue weighted by molar-refractivity contribution is 0.127. The highest BCUT2D eigenvalue weighted by molar-refractivity contribution is 5.75. The van der Waals surface area contributed by atoms with E-state index < -0.39 is 0 Å². The number of amides is 2. The number of carbonyl (C=O) groups is 1. The molecule has 2 aliphatic rings. The molecule has 4 heteroatoms. The Bertz CT molecular complexity index is 515. The smallest absolute Gasteiger partial charge is 0.320 e. The van der Waals surface area contributed by atoms with Gasteiger partial charge in [0.1, 0.15) is 5.75 Å². The molecule has 2 aliphatic heterocycles. The molecule has 0 spiro atoms. The quantitative estimate of drug-likeness (QED) is 0.790. The van der Waals surface area contributed by atoms with Gasteiger partial charge in [0.15, 0.2) is 0 Å². The number of phenolic OH excluding ortho intramolecular Hbond substituents is 1. The van der Waals surface area contributed by atoms with Crippen LogP contribution in [0.25, 0.3) is 0 Å². The van der Waals surface area contributed by atoms with Crippen molar-refractivity contribution in [2.24, 2.45) is 5.92 Å². The third-order valence-corrected chi connectivity index (χ3v) is 4.40. The van der Waals surface area contributed by atoms with Crippen molar-refractivity contribution in [3.05, 3.63) is 29.3 Å². The number of carbonyl (C=O) groups excluding carboxylic acids is 1. The first-order valence-electron chi connectivity index (χ1n) is 7.48. The number of likely N-dealkylation sites (tertiary alicyclic amines) is 1. The molecular formula is C16H22N2O2. The number of nitrogens with zero attached hydrogens (tertiary/aromatic N) is 2. The first-order chi connectivity index (χ1) is 9.63. The highest BCUT2D eigenvalue weighted by Crippen LogP contribution is 2.25. The molecule has 20 heavy (non-hydrogen) atoms. The maximum atomic E-state index is 12.6. The minimum absolute atomic E-state index is 0.158. The van der Waals surface area contributed by atoms with E-state index in [1.54, 1.807) is 12.1 Å². The number of aromatic hydroxyl groups is 1. The summed E-state index contributed by atoms with van der Waals surface area (Å²) in [5, 5.41) is 9.58. The van der Waals surface area contributed by atoms with E-state index in [4.69, 9.17) is 0 Å².